The van der Waals surface area contributed by atoms with Crippen molar-refractivity contribution in [3.63, 3.8) is 0 Å². The molecule has 1 N–H and O–H groups in total. The fraction of sp³-hybridized carbons (Fsp3) is 0.222. The van der Waals surface area contributed by atoms with Gasteiger partial charge >= 0.3 is 0 Å². The van der Waals surface area contributed by atoms with Crippen LogP contribution in [0.2, 0.25) is 5.02 Å². The Labute approximate surface area is 219 Å². The van der Waals surface area contributed by atoms with Crippen molar-refractivity contribution < 1.29 is 19.1 Å². The number of hydrogen-bond acceptors (Lipinski definition) is 6. The molecule has 0 unspecified atom stereocenters. The number of thioether (sulfide) groups is 1. The highest BCUT2D eigenvalue weighted by atomic mass is 35.5. The summed E-state index contributed by atoms with van der Waals surface area (Å²) in [6.07, 6.45) is 0.671. The van der Waals surface area contributed by atoms with Gasteiger partial charge in [-0.25, -0.2) is 4.99 Å². The van der Waals surface area contributed by atoms with Crippen LogP contribution in [-0.2, 0) is 16.0 Å². The van der Waals surface area contributed by atoms with Crippen LogP contribution in [0.15, 0.2) is 77.8 Å². The van der Waals surface area contributed by atoms with Crippen molar-refractivity contribution in [2.24, 2.45) is 4.99 Å². The number of hydrogen-bond donors (Lipinski definition) is 1. The molecular formula is C27H26ClN3O4S. The Balaban J connectivity index is 1.49. The van der Waals surface area contributed by atoms with Crippen LogP contribution >= 0.6 is 23.4 Å². The highest BCUT2D eigenvalue weighted by Gasteiger charge is 2.39. The predicted octanol–water partition coefficient (Wildman–Crippen LogP) is 5.56. The minimum Gasteiger partial charge on any atom is -0.497 e. The molecule has 3 aromatic rings. The first kappa shape index (κ1) is 25.6. The van der Waals surface area contributed by atoms with Gasteiger partial charge in [0.2, 0.25) is 11.8 Å². The van der Waals surface area contributed by atoms with E-state index in [9.17, 15) is 9.59 Å². The number of nitrogens with zero attached hydrogens (tertiary/aromatic N) is 2. The number of nitrogens with one attached hydrogen (secondary N) is 1. The molecule has 0 spiro atoms. The standard InChI is InChI=1S/C27H26ClN3O4S/c1-34-22-11-7-20(8-12-22)29-25(32)17-24-26(33)31(16-15-18-3-5-19(28)6-4-18)27(36-24)30-21-9-13-23(35-2)14-10-21/h3-14,24H,15-17H2,1-2H3,(H,29,32)/t24-/m1/s1. The summed E-state index contributed by atoms with van der Waals surface area (Å²) in [7, 11) is 3.19. The van der Waals surface area contributed by atoms with Gasteiger partial charge in [-0.15, -0.1) is 0 Å². The Morgan fingerprint density at radius 2 is 1.58 bits per heavy atom. The van der Waals surface area contributed by atoms with Crippen molar-refractivity contribution in [1.29, 1.82) is 0 Å². The number of carbonyl (C=O) groups is 2. The van der Waals surface area contributed by atoms with Crippen LogP contribution < -0.4 is 14.8 Å². The monoisotopic (exact) mass is 523 g/mol. The van der Waals surface area contributed by atoms with E-state index in [0.717, 1.165) is 11.3 Å². The Hall–Kier alpha value is -3.49. The molecule has 3 aromatic carbocycles. The number of methoxy groups -OCH3 is 2. The first-order chi connectivity index (χ1) is 17.4. The Kier molecular flexibility index (Phi) is 8.51. The molecule has 1 saturated heterocycles. The molecule has 0 bridgehead atoms. The van der Waals surface area contributed by atoms with E-state index >= 15 is 0 Å². The molecule has 1 heterocycles. The van der Waals surface area contributed by atoms with Gasteiger partial charge in [0.15, 0.2) is 5.17 Å². The third-order valence-corrected chi connectivity index (χ3v) is 7.03. The van der Waals surface area contributed by atoms with E-state index in [1.54, 1.807) is 43.4 Å². The van der Waals surface area contributed by atoms with Crippen molar-refractivity contribution in [2.75, 3.05) is 26.1 Å². The van der Waals surface area contributed by atoms with Gasteiger partial charge in [0.1, 0.15) is 16.7 Å². The molecule has 1 fully saturated rings. The van der Waals surface area contributed by atoms with Crippen LogP contribution in [0.25, 0.3) is 0 Å². The van der Waals surface area contributed by atoms with E-state index in [1.165, 1.54) is 11.8 Å². The van der Waals surface area contributed by atoms with Crippen LogP contribution in [0.5, 0.6) is 11.5 Å². The number of anilines is 1. The predicted molar refractivity (Wildman–Crippen MR) is 145 cm³/mol. The molecule has 0 radical (unpaired) electrons. The zero-order valence-corrected chi connectivity index (χ0v) is 21.5. The molecule has 4 rings (SSSR count). The van der Waals surface area contributed by atoms with Gasteiger partial charge in [-0.1, -0.05) is 35.5 Å². The summed E-state index contributed by atoms with van der Waals surface area (Å²) in [6.45, 7) is 0.444. The molecule has 1 aliphatic heterocycles. The molecule has 0 aliphatic carbocycles. The molecule has 2 amide bonds. The number of amides is 2. The van der Waals surface area contributed by atoms with Gasteiger partial charge in [0, 0.05) is 23.7 Å². The third-order valence-electron chi connectivity index (χ3n) is 5.60. The zero-order valence-electron chi connectivity index (χ0n) is 19.9. The second kappa shape index (κ2) is 12.0. The maximum atomic E-state index is 13.3. The van der Waals surface area contributed by atoms with Crippen LogP contribution in [0.1, 0.15) is 12.0 Å². The van der Waals surface area contributed by atoms with Gasteiger partial charge in [-0.2, -0.15) is 0 Å². The van der Waals surface area contributed by atoms with Gasteiger partial charge in [-0.05, 0) is 72.6 Å². The molecule has 186 valence electrons. The summed E-state index contributed by atoms with van der Waals surface area (Å²) in [5.74, 6) is 1.05. The first-order valence-electron chi connectivity index (χ1n) is 11.3. The molecular weight excluding hydrogens is 498 g/mol. The van der Waals surface area contributed by atoms with Crippen molar-refractivity contribution in [3.05, 3.63) is 83.4 Å². The van der Waals surface area contributed by atoms with E-state index in [4.69, 9.17) is 26.1 Å². The van der Waals surface area contributed by atoms with Crippen LogP contribution in [-0.4, -0.2) is 47.9 Å². The number of rotatable bonds is 9. The second-order valence-corrected chi connectivity index (χ2v) is 9.65. The Morgan fingerprint density at radius 3 is 2.19 bits per heavy atom. The third kappa shape index (κ3) is 6.59. The molecule has 1 atom stereocenters. The summed E-state index contributed by atoms with van der Waals surface area (Å²) >= 11 is 7.31. The van der Waals surface area contributed by atoms with E-state index in [2.05, 4.69) is 5.32 Å². The number of ether oxygens (including phenoxy) is 2. The SMILES string of the molecule is COc1ccc(N=C2S[C@H](CC(=O)Nc3ccc(OC)cc3)C(=O)N2CCc2ccc(Cl)cc2)cc1. The minimum atomic E-state index is -0.564. The molecule has 36 heavy (non-hydrogen) atoms. The summed E-state index contributed by atoms with van der Waals surface area (Å²) < 4.78 is 10.4. The van der Waals surface area contributed by atoms with Crippen molar-refractivity contribution in [2.45, 2.75) is 18.1 Å². The van der Waals surface area contributed by atoms with E-state index in [-0.39, 0.29) is 18.2 Å². The Morgan fingerprint density at radius 1 is 0.972 bits per heavy atom. The van der Waals surface area contributed by atoms with Gasteiger partial charge in [0.25, 0.3) is 0 Å². The second-order valence-electron chi connectivity index (χ2n) is 8.05. The van der Waals surface area contributed by atoms with Crippen LogP contribution in [0, 0.1) is 0 Å². The molecule has 0 aromatic heterocycles. The van der Waals surface area contributed by atoms with E-state index < -0.39 is 5.25 Å². The van der Waals surface area contributed by atoms with Crippen LogP contribution in [0.4, 0.5) is 11.4 Å². The zero-order chi connectivity index (χ0) is 25.5. The number of benzene rings is 3. The largest absolute Gasteiger partial charge is 0.497 e. The summed E-state index contributed by atoms with van der Waals surface area (Å²) in [5, 5.41) is 3.52. The summed E-state index contributed by atoms with van der Waals surface area (Å²) in [4.78, 5) is 32.4. The smallest absolute Gasteiger partial charge is 0.242 e. The van der Waals surface area contributed by atoms with Crippen LogP contribution in [0.3, 0.4) is 0 Å². The topological polar surface area (TPSA) is 80.2 Å². The number of amidine groups is 1. The quantitative estimate of drug-likeness (QED) is 0.397. The van der Waals surface area contributed by atoms with E-state index in [0.29, 0.717) is 40.3 Å². The number of halogens is 1. The molecule has 1 aliphatic rings. The molecule has 0 saturated carbocycles. The van der Waals surface area contributed by atoms with Gasteiger partial charge in [0.05, 0.1) is 19.9 Å². The molecule has 9 heteroatoms. The normalized spacial score (nSPS) is 16.3. The number of carbonyl (C=O) groups excluding carboxylic acids is 2. The highest BCUT2D eigenvalue weighted by Crippen LogP contribution is 2.32. The fourth-order valence-corrected chi connectivity index (χ4v) is 4.95. The van der Waals surface area contributed by atoms with Gasteiger partial charge in [-0.3, -0.25) is 14.5 Å². The molecule has 7 nitrogen and oxygen atoms in total. The van der Waals surface area contributed by atoms with Gasteiger partial charge < -0.3 is 14.8 Å². The fourth-order valence-electron chi connectivity index (χ4n) is 3.64. The van der Waals surface area contributed by atoms with E-state index in [1.807, 2.05) is 48.5 Å². The lowest BCUT2D eigenvalue weighted by atomic mass is 10.1. The minimum absolute atomic E-state index is 0.0363. The highest BCUT2D eigenvalue weighted by molar-refractivity contribution is 8.15. The lowest BCUT2D eigenvalue weighted by molar-refractivity contribution is -0.128. The lowest BCUT2D eigenvalue weighted by Crippen LogP contribution is -2.35. The lowest BCUT2D eigenvalue weighted by Gasteiger charge is -2.16. The van der Waals surface area contributed by atoms with Crippen molar-refractivity contribution in [3.8, 4) is 11.5 Å². The maximum Gasteiger partial charge on any atom is 0.242 e. The van der Waals surface area contributed by atoms with Crippen molar-refractivity contribution >= 4 is 51.7 Å². The average molecular weight is 524 g/mol. The summed E-state index contributed by atoms with van der Waals surface area (Å²) in [6, 6.07) is 21.9. The Bertz CT molecular complexity index is 1230. The van der Waals surface area contributed by atoms with Crippen molar-refractivity contribution in [1.82, 2.24) is 4.90 Å². The number of aliphatic imine (C=N–C) groups is 1. The first-order valence-corrected chi connectivity index (χ1v) is 12.6. The average Bonchev–Trinajstić information content (AvgIpc) is 3.17. The maximum absolute atomic E-state index is 13.3. The summed E-state index contributed by atoms with van der Waals surface area (Å²) in [5.41, 5.74) is 2.40.